The second-order valence-electron chi connectivity index (χ2n) is 7.18. The predicted molar refractivity (Wildman–Crippen MR) is 112 cm³/mol. The highest BCUT2D eigenvalue weighted by atomic mass is 16.6. The molecule has 0 radical (unpaired) electrons. The lowest BCUT2D eigenvalue weighted by atomic mass is 9.70. The van der Waals surface area contributed by atoms with Crippen LogP contribution in [-0.2, 0) is 5.41 Å². The van der Waals surface area contributed by atoms with Crippen LogP contribution < -0.4 is 0 Å². The number of phenolic OH excluding ortho intramolecular Hbond substituents is 2. The van der Waals surface area contributed by atoms with E-state index in [0.717, 1.165) is 0 Å². The summed E-state index contributed by atoms with van der Waals surface area (Å²) in [5.41, 5.74) is -0.363. The maximum absolute atomic E-state index is 11.7. The third-order valence-corrected chi connectivity index (χ3v) is 5.37. The maximum atomic E-state index is 11.7. The molecule has 0 spiro atoms. The van der Waals surface area contributed by atoms with E-state index in [0.29, 0.717) is 22.3 Å². The molecule has 0 saturated heterocycles. The van der Waals surface area contributed by atoms with Gasteiger partial charge in [0.25, 0.3) is 0 Å². The van der Waals surface area contributed by atoms with Crippen molar-refractivity contribution < 1.29 is 24.9 Å². The number of rotatable bonds is 6. The lowest BCUT2D eigenvalue weighted by molar-refractivity contribution is -0.386. The van der Waals surface area contributed by atoms with Gasteiger partial charge in [0.05, 0.1) is 9.85 Å². The van der Waals surface area contributed by atoms with E-state index < -0.39 is 38.1 Å². The van der Waals surface area contributed by atoms with Gasteiger partial charge in [0.15, 0.2) is 17.3 Å². The van der Waals surface area contributed by atoms with Gasteiger partial charge in [0.1, 0.15) is 0 Å². The molecule has 0 bridgehead atoms. The van der Waals surface area contributed by atoms with E-state index in [4.69, 9.17) is 0 Å². The zero-order valence-electron chi connectivity index (χ0n) is 16.6. The van der Waals surface area contributed by atoms with Crippen LogP contribution in [0.15, 0.2) is 60.7 Å². The zero-order valence-corrected chi connectivity index (χ0v) is 16.6. The summed E-state index contributed by atoms with van der Waals surface area (Å²) in [7, 11) is 0. The summed E-state index contributed by atoms with van der Waals surface area (Å²) in [5, 5.41) is 42.5. The third kappa shape index (κ3) is 3.80. The zero-order chi connectivity index (χ0) is 22.9. The molecule has 9 heteroatoms. The van der Waals surface area contributed by atoms with E-state index >= 15 is 0 Å². The van der Waals surface area contributed by atoms with Crippen LogP contribution in [-0.4, -0.2) is 25.8 Å². The SMILES string of the molecule is CC(=O)c1ccc(C(C)(c2ccc(O)c([N+](=O)[O-])c2)c2ccc(O)c([N+](=O)[O-])c2)cc1. The molecule has 9 nitrogen and oxygen atoms in total. The first-order chi connectivity index (χ1) is 14.6. The van der Waals surface area contributed by atoms with Gasteiger partial charge >= 0.3 is 11.4 Å². The van der Waals surface area contributed by atoms with Crippen molar-refractivity contribution in [3.63, 3.8) is 0 Å². The summed E-state index contributed by atoms with van der Waals surface area (Å²) >= 11 is 0. The predicted octanol–water partition coefficient (Wildman–Crippen LogP) is 4.47. The Morgan fingerprint density at radius 3 is 1.52 bits per heavy atom. The van der Waals surface area contributed by atoms with Gasteiger partial charge in [0, 0.05) is 23.1 Å². The minimum Gasteiger partial charge on any atom is -0.502 e. The number of nitro groups is 2. The van der Waals surface area contributed by atoms with Crippen molar-refractivity contribution in [1.82, 2.24) is 0 Å². The van der Waals surface area contributed by atoms with Crippen LogP contribution in [0, 0.1) is 20.2 Å². The van der Waals surface area contributed by atoms with E-state index in [-0.39, 0.29) is 5.78 Å². The summed E-state index contributed by atoms with van der Waals surface area (Å²) in [6.07, 6.45) is 0. The standard InChI is InChI=1S/C22H18N2O7/c1-13(25)14-3-5-15(6-4-14)22(2,16-7-9-20(26)18(11-16)23(28)29)17-8-10-21(27)19(12-17)24(30)31/h3-12,26-27H,1-2H3. The molecule has 0 aromatic heterocycles. The Labute approximate surface area is 176 Å². The molecule has 0 fully saturated rings. The Bertz CT molecular complexity index is 1140. The number of nitro benzene ring substituents is 2. The van der Waals surface area contributed by atoms with Gasteiger partial charge in [0.2, 0.25) is 0 Å². The Kier molecular flexibility index (Phi) is 5.44. The van der Waals surface area contributed by atoms with Crippen LogP contribution in [0.3, 0.4) is 0 Å². The van der Waals surface area contributed by atoms with Crippen LogP contribution in [0.25, 0.3) is 0 Å². The number of benzene rings is 3. The number of carbonyl (C=O) groups is 1. The van der Waals surface area contributed by atoms with Gasteiger partial charge in [-0.25, -0.2) is 0 Å². The van der Waals surface area contributed by atoms with Crippen LogP contribution in [0.2, 0.25) is 0 Å². The highest BCUT2D eigenvalue weighted by Crippen LogP contribution is 2.43. The Morgan fingerprint density at radius 1 is 0.774 bits per heavy atom. The molecule has 3 aromatic rings. The third-order valence-electron chi connectivity index (χ3n) is 5.37. The van der Waals surface area contributed by atoms with E-state index in [1.807, 2.05) is 0 Å². The minimum absolute atomic E-state index is 0.145. The first-order valence-electron chi connectivity index (χ1n) is 9.13. The molecule has 0 saturated carbocycles. The fourth-order valence-corrected chi connectivity index (χ4v) is 3.50. The average molecular weight is 422 g/mol. The van der Waals surface area contributed by atoms with Gasteiger partial charge in [-0.15, -0.1) is 0 Å². The molecular formula is C22H18N2O7. The number of Topliss-reactive ketones (excluding diaryl/α,β-unsaturated/α-hetero) is 1. The molecule has 2 N–H and O–H groups in total. The smallest absolute Gasteiger partial charge is 0.311 e. The molecule has 3 aromatic carbocycles. The van der Waals surface area contributed by atoms with Crippen molar-refractivity contribution in [1.29, 1.82) is 0 Å². The largest absolute Gasteiger partial charge is 0.502 e. The van der Waals surface area contributed by atoms with Gasteiger partial charge < -0.3 is 10.2 Å². The van der Waals surface area contributed by atoms with Crippen molar-refractivity contribution in [2.75, 3.05) is 0 Å². The van der Waals surface area contributed by atoms with Crippen LogP contribution in [0.4, 0.5) is 11.4 Å². The van der Waals surface area contributed by atoms with Crippen LogP contribution >= 0.6 is 0 Å². The number of nitrogens with zero attached hydrogens (tertiary/aromatic N) is 2. The Balaban J connectivity index is 2.33. The molecule has 158 valence electrons. The van der Waals surface area contributed by atoms with E-state index in [1.165, 1.54) is 43.3 Å². The molecule has 0 amide bonds. The summed E-state index contributed by atoms with van der Waals surface area (Å²) in [6, 6.07) is 14.3. The highest BCUT2D eigenvalue weighted by molar-refractivity contribution is 5.94. The molecule has 31 heavy (non-hydrogen) atoms. The van der Waals surface area contributed by atoms with E-state index in [9.17, 15) is 35.2 Å². The number of hydrogen-bond acceptors (Lipinski definition) is 7. The van der Waals surface area contributed by atoms with Crippen molar-refractivity contribution in [3.8, 4) is 11.5 Å². The molecular weight excluding hydrogens is 404 g/mol. The second kappa shape index (κ2) is 7.86. The molecule has 3 rings (SSSR count). The summed E-state index contributed by atoms with van der Waals surface area (Å²) in [4.78, 5) is 32.9. The fourth-order valence-electron chi connectivity index (χ4n) is 3.50. The second-order valence-corrected chi connectivity index (χ2v) is 7.18. The minimum atomic E-state index is -1.15. The Hall–Kier alpha value is -4.27. The number of phenols is 2. The first kappa shape index (κ1) is 21.4. The van der Waals surface area contributed by atoms with Gasteiger partial charge in [-0.05, 0) is 42.7 Å². The molecule has 0 aliphatic carbocycles. The van der Waals surface area contributed by atoms with Crippen molar-refractivity contribution in [2.45, 2.75) is 19.3 Å². The number of aromatic hydroxyl groups is 2. The van der Waals surface area contributed by atoms with Crippen molar-refractivity contribution in [2.24, 2.45) is 0 Å². The van der Waals surface area contributed by atoms with Crippen molar-refractivity contribution in [3.05, 3.63) is 103 Å². The summed E-state index contributed by atoms with van der Waals surface area (Å²) in [5.74, 6) is -1.17. The van der Waals surface area contributed by atoms with E-state index in [2.05, 4.69) is 0 Å². The summed E-state index contributed by atoms with van der Waals surface area (Å²) in [6.45, 7) is 3.13. The monoisotopic (exact) mass is 422 g/mol. The highest BCUT2D eigenvalue weighted by Gasteiger charge is 2.35. The maximum Gasteiger partial charge on any atom is 0.311 e. The van der Waals surface area contributed by atoms with Crippen molar-refractivity contribution >= 4 is 17.2 Å². The Morgan fingerprint density at radius 2 is 1.16 bits per heavy atom. The fraction of sp³-hybridized carbons (Fsp3) is 0.136. The van der Waals surface area contributed by atoms with Gasteiger partial charge in [-0.1, -0.05) is 36.4 Å². The van der Waals surface area contributed by atoms with Gasteiger partial charge in [-0.2, -0.15) is 0 Å². The molecule has 0 unspecified atom stereocenters. The average Bonchev–Trinajstić information content (AvgIpc) is 2.73. The lowest BCUT2D eigenvalue weighted by Gasteiger charge is -2.32. The topological polar surface area (TPSA) is 144 Å². The number of hydrogen-bond donors (Lipinski definition) is 2. The molecule has 0 atom stereocenters. The number of ketones is 1. The lowest BCUT2D eigenvalue weighted by Crippen LogP contribution is -2.25. The first-order valence-corrected chi connectivity index (χ1v) is 9.13. The quantitative estimate of drug-likeness (QED) is 0.258. The van der Waals surface area contributed by atoms with Crippen LogP contribution in [0.5, 0.6) is 11.5 Å². The number of carbonyl (C=O) groups excluding carboxylic acids is 1. The van der Waals surface area contributed by atoms with Crippen LogP contribution in [0.1, 0.15) is 40.9 Å². The molecule has 0 heterocycles. The molecule has 0 aliphatic heterocycles. The summed E-state index contributed by atoms with van der Waals surface area (Å²) < 4.78 is 0. The van der Waals surface area contributed by atoms with E-state index in [1.54, 1.807) is 31.2 Å². The molecule has 0 aliphatic rings. The normalized spacial score (nSPS) is 11.2. The van der Waals surface area contributed by atoms with Gasteiger partial charge in [-0.3, -0.25) is 25.0 Å².